The average Bonchev–Trinajstić information content (AvgIpc) is 2.77. The molecule has 0 saturated heterocycles. The summed E-state index contributed by atoms with van der Waals surface area (Å²) in [6, 6.07) is 10.2. The van der Waals surface area contributed by atoms with Gasteiger partial charge in [0, 0.05) is 11.1 Å². The predicted octanol–water partition coefficient (Wildman–Crippen LogP) is 5.38. The van der Waals surface area contributed by atoms with E-state index in [9.17, 15) is 0 Å². The largest absolute Gasteiger partial charge is 0.488 e. The van der Waals surface area contributed by atoms with E-state index < -0.39 is 0 Å². The highest BCUT2D eigenvalue weighted by Gasteiger charge is 2.38. The first-order valence-corrected chi connectivity index (χ1v) is 8.02. The molecule has 0 fully saturated rings. The van der Waals surface area contributed by atoms with Gasteiger partial charge in [-0.15, -0.1) is 0 Å². The summed E-state index contributed by atoms with van der Waals surface area (Å²) >= 11 is 0. The van der Waals surface area contributed by atoms with Gasteiger partial charge in [0.2, 0.25) is 0 Å². The summed E-state index contributed by atoms with van der Waals surface area (Å²) in [6.45, 7) is 15.2. The molecular weight excluding hydrogens is 284 g/mol. The molecule has 0 spiro atoms. The minimum absolute atomic E-state index is 0.359. The standard InChI is InChI=1S/C21H24O2/c1-13-14(2)20-18(16(4)21(5,6)23-20)15(3)19(13)22-12-17-10-8-7-9-11-17/h7-11H,4,12H2,1-3,5-6H3. The maximum Gasteiger partial charge on any atom is 0.131 e. The van der Waals surface area contributed by atoms with Gasteiger partial charge >= 0.3 is 0 Å². The third kappa shape index (κ3) is 2.52. The van der Waals surface area contributed by atoms with Crippen molar-refractivity contribution in [2.45, 2.75) is 46.8 Å². The molecule has 2 aromatic rings. The SMILES string of the molecule is C=C1c2c(C)c(OCc3ccccc3)c(C)c(C)c2OC1(C)C. The summed E-state index contributed by atoms with van der Waals surface area (Å²) in [5.74, 6) is 1.91. The summed E-state index contributed by atoms with van der Waals surface area (Å²) in [7, 11) is 0. The molecular formula is C21H24O2. The number of benzene rings is 2. The molecule has 0 aliphatic carbocycles. The van der Waals surface area contributed by atoms with Gasteiger partial charge < -0.3 is 9.47 Å². The number of hydrogen-bond acceptors (Lipinski definition) is 2. The number of rotatable bonds is 3. The van der Waals surface area contributed by atoms with Crippen LogP contribution >= 0.6 is 0 Å². The third-order valence-corrected chi connectivity index (χ3v) is 4.80. The average molecular weight is 308 g/mol. The Balaban J connectivity index is 2.02. The van der Waals surface area contributed by atoms with Gasteiger partial charge in [-0.05, 0) is 56.9 Å². The van der Waals surface area contributed by atoms with Crippen molar-refractivity contribution >= 4 is 5.57 Å². The van der Waals surface area contributed by atoms with Gasteiger partial charge in [0.25, 0.3) is 0 Å². The molecule has 2 aromatic carbocycles. The van der Waals surface area contributed by atoms with E-state index in [4.69, 9.17) is 9.47 Å². The van der Waals surface area contributed by atoms with Gasteiger partial charge in [-0.3, -0.25) is 0 Å². The summed E-state index contributed by atoms with van der Waals surface area (Å²) in [4.78, 5) is 0. The second-order valence-electron chi connectivity index (χ2n) is 6.77. The van der Waals surface area contributed by atoms with Crippen molar-refractivity contribution in [2.75, 3.05) is 0 Å². The Bertz CT molecular complexity index is 770. The van der Waals surface area contributed by atoms with Crippen LogP contribution < -0.4 is 9.47 Å². The minimum Gasteiger partial charge on any atom is -0.488 e. The van der Waals surface area contributed by atoms with E-state index in [-0.39, 0.29) is 5.60 Å². The van der Waals surface area contributed by atoms with Gasteiger partial charge in [-0.1, -0.05) is 36.9 Å². The maximum absolute atomic E-state index is 6.18. The van der Waals surface area contributed by atoms with Crippen LogP contribution in [0.2, 0.25) is 0 Å². The monoisotopic (exact) mass is 308 g/mol. The fourth-order valence-electron chi connectivity index (χ4n) is 3.15. The zero-order chi connectivity index (χ0) is 16.8. The van der Waals surface area contributed by atoms with Crippen molar-refractivity contribution in [2.24, 2.45) is 0 Å². The van der Waals surface area contributed by atoms with E-state index in [2.05, 4.69) is 53.3 Å². The fourth-order valence-corrected chi connectivity index (χ4v) is 3.15. The van der Waals surface area contributed by atoms with Crippen LogP contribution in [0.25, 0.3) is 5.57 Å². The van der Waals surface area contributed by atoms with Gasteiger partial charge in [0.1, 0.15) is 23.7 Å². The highest BCUT2D eigenvalue weighted by molar-refractivity contribution is 5.83. The molecule has 2 heteroatoms. The van der Waals surface area contributed by atoms with Crippen LogP contribution in [-0.4, -0.2) is 5.60 Å². The molecule has 0 unspecified atom stereocenters. The molecule has 0 bridgehead atoms. The van der Waals surface area contributed by atoms with Crippen molar-refractivity contribution in [1.29, 1.82) is 0 Å². The summed E-state index contributed by atoms with van der Waals surface area (Å²) in [6.07, 6.45) is 0. The molecule has 0 aromatic heterocycles. The molecule has 120 valence electrons. The lowest BCUT2D eigenvalue weighted by atomic mass is 9.89. The van der Waals surface area contributed by atoms with Gasteiger partial charge in [0.05, 0.1) is 0 Å². The van der Waals surface area contributed by atoms with Crippen LogP contribution in [0.3, 0.4) is 0 Å². The first-order valence-electron chi connectivity index (χ1n) is 8.02. The first-order chi connectivity index (χ1) is 10.8. The lowest BCUT2D eigenvalue weighted by molar-refractivity contribution is 0.188. The quantitative estimate of drug-likeness (QED) is 0.758. The van der Waals surface area contributed by atoms with Crippen LogP contribution in [0, 0.1) is 20.8 Å². The van der Waals surface area contributed by atoms with Crippen molar-refractivity contribution in [3.8, 4) is 11.5 Å². The van der Waals surface area contributed by atoms with E-state index in [0.29, 0.717) is 6.61 Å². The summed E-state index contributed by atoms with van der Waals surface area (Å²) in [5.41, 5.74) is 6.35. The number of hydrogen-bond donors (Lipinski definition) is 0. The highest BCUT2D eigenvalue weighted by Crippen LogP contribution is 2.50. The Morgan fingerprint density at radius 2 is 1.65 bits per heavy atom. The van der Waals surface area contributed by atoms with E-state index in [1.807, 2.05) is 18.2 Å². The lowest BCUT2D eigenvalue weighted by Gasteiger charge is -2.19. The van der Waals surface area contributed by atoms with Crippen LogP contribution in [0.1, 0.15) is 41.7 Å². The topological polar surface area (TPSA) is 18.5 Å². The molecule has 0 radical (unpaired) electrons. The smallest absolute Gasteiger partial charge is 0.131 e. The zero-order valence-electron chi connectivity index (χ0n) is 14.6. The Morgan fingerprint density at radius 3 is 2.30 bits per heavy atom. The van der Waals surface area contributed by atoms with E-state index in [1.54, 1.807) is 0 Å². The highest BCUT2D eigenvalue weighted by atomic mass is 16.5. The second kappa shape index (κ2) is 5.45. The van der Waals surface area contributed by atoms with Crippen LogP contribution in [0.5, 0.6) is 11.5 Å². The molecule has 1 aliphatic rings. The Labute approximate surface area is 138 Å². The normalized spacial score (nSPS) is 15.3. The second-order valence-corrected chi connectivity index (χ2v) is 6.77. The van der Waals surface area contributed by atoms with Gasteiger partial charge in [-0.2, -0.15) is 0 Å². The van der Waals surface area contributed by atoms with Crippen molar-refractivity contribution < 1.29 is 9.47 Å². The van der Waals surface area contributed by atoms with Crippen molar-refractivity contribution in [3.05, 3.63) is 64.7 Å². The molecule has 3 rings (SSSR count). The van der Waals surface area contributed by atoms with Crippen molar-refractivity contribution in [3.63, 3.8) is 0 Å². The molecule has 1 aliphatic heterocycles. The van der Waals surface area contributed by atoms with Crippen LogP contribution in [0.15, 0.2) is 36.9 Å². The molecule has 2 nitrogen and oxygen atoms in total. The maximum atomic E-state index is 6.18. The lowest BCUT2D eigenvalue weighted by Crippen LogP contribution is -2.23. The van der Waals surface area contributed by atoms with Crippen LogP contribution in [0.4, 0.5) is 0 Å². The Hall–Kier alpha value is -2.22. The molecule has 23 heavy (non-hydrogen) atoms. The molecule has 1 heterocycles. The van der Waals surface area contributed by atoms with E-state index in [1.165, 1.54) is 5.56 Å². The van der Waals surface area contributed by atoms with Crippen LogP contribution in [-0.2, 0) is 6.61 Å². The molecule has 0 atom stereocenters. The number of fused-ring (bicyclic) bond motifs is 1. The number of ether oxygens (including phenoxy) is 2. The van der Waals surface area contributed by atoms with Gasteiger partial charge in [0.15, 0.2) is 0 Å². The predicted molar refractivity (Wildman–Crippen MR) is 95.2 cm³/mol. The van der Waals surface area contributed by atoms with E-state index >= 15 is 0 Å². The Kier molecular flexibility index (Phi) is 3.71. The third-order valence-electron chi connectivity index (χ3n) is 4.80. The Morgan fingerprint density at radius 1 is 1.00 bits per heavy atom. The zero-order valence-corrected chi connectivity index (χ0v) is 14.6. The fraction of sp³-hybridized carbons (Fsp3) is 0.333. The van der Waals surface area contributed by atoms with Gasteiger partial charge in [-0.25, -0.2) is 0 Å². The molecule has 0 amide bonds. The summed E-state index contributed by atoms with van der Waals surface area (Å²) < 4.78 is 12.3. The minimum atomic E-state index is -0.359. The first kappa shape index (κ1) is 15.7. The summed E-state index contributed by atoms with van der Waals surface area (Å²) in [5, 5.41) is 0. The molecule has 0 saturated carbocycles. The van der Waals surface area contributed by atoms with E-state index in [0.717, 1.165) is 39.3 Å². The molecule has 0 N–H and O–H groups in total. The van der Waals surface area contributed by atoms with Crippen molar-refractivity contribution in [1.82, 2.24) is 0 Å².